The Morgan fingerprint density at radius 3 is 2.55 bits per heavy atom. The van der Waals surface area contributed by atoms with E-state index in [9.17, 15) is 9.90 Å². The Morgan fingerprint density at radius 2 is 1.84 bits per heavy atom. The molecule has 3 aliphatic rings. The molecule has 4 atom stereocenters. The Balaban J connectivity index is 1.66. The second-order valence-corrected chi connectivity index (χ2v) is 8.74. The summed E-state index contributed by atoms with van der Waals surface area (Å²) in [5.74, 6) is -0.0655. The lowest BCUT2D eigenvalue weighted by atomic mass is 9.89. The molecule has 0 radical (unpaired) electrons. The summed E-state index contributed by atoms with van der Waals surface area (Å²) in [6.07, 6.45) is 9.91. The van der Waals surface area contributed by atoms with Crippen molar-refractivity contribution >= 4 is 17.5 Å². The fourth-order valence-electron chi connectivity index (χ4n) is 4.65. The number of fused-ring (bicyclic) bond motifs is 1. The van der Waals surface area contributed by atoms with Crippen LogP contribution in [0.2, 0.25) is 0 Å². The Hall–Kier alpha value is -2.66. The van der Waals surface area contributed by atoms with Gasteiger partial charge in [0.1, 0.15) is 0 Å². The van der Waals surface area contributed by atoms with Crippen molar-refractivity contribution < 1.29 is 14.6 Å². The molecule has 0 bridgehead atoms. The minimum absolute atomic E-state index is 0.0655. The number of hydrogen-bond donors (Lipinski definition) is 1. The van der Waals surface area contributed by atoms with Crippen molar-refractivity contribution in [2.45, 2.75) is 42.7 Å². The lowest BCUT2D eigenvalue weighted by molar-refractivity contribution is -0.137. The molecule has 4 nitrogen and oxygen atoms in total. The SMILES string of the molecule is O=C1c2ccccc2C(O[C@H]2C=C[C@@H](O)C2)(C2=CCC(Cl)C=C2)N1Cc1ccccc1. The van der Waals surface area contributed by atoms with Crippen molar-refractivity contribution in [1.82, 2.24) is 4.90 Å². The molecule has 1 N–H and O–H groups in total. The van der Waals surface area contributed by atoms with Gasteiger partial charge in [-0.1, -0.05) is 78.9 Å². The monoisotopic (exact) mass is 433 g/mol. The highest BCUT2D eigenvalue weighted by molar-refractivity contribution is 6.22. The van der Waals surface area contributed by atoms with Crippen molar-refractivity contribution in [3.8, 4) is 0 Å². The molecule has 1 amide bonds. The highest BCUT2D eigenvalue weighted by atomic mass is 35.5. The van der Waals surface area contributed by atoms with Crippen LogP contribution < -0.4 is 0 Å². The third kappa shape index (κ3) is 3.55. The molecule has 5 heteroatoms. The predicted octanol–water partition coefficient (Wildman–Crippen LogP) is 4.70. The number of carbonyl (C=O) groups excluding carboxylic acids is 1. The smallest absolute Gasteiger partial charge is 0.257 e. The van der Waals surface area contributed by atoms with Gasteiger partial charge in [0.05, 0.1) is 17.6 Å². The molecule has 2 aromatic carbocycles. The van der Waals surface area contributed by atoms with Gasteiger partial charge >= 0.3 is 0 Å². The summed E-state index contributed by atoms with van der Waals surface area (Å²) < 4.78 is 6.78. The number of carbonyl (C=O) groups is 1. The van der Waals surface area contributed by atoms with Gasteiger partial charge in [0.2, 0.25) is 0 Å². The van der Waals surface area contributed by atoms with Crippen molar-refractivity contribution in [3.05, 3.63) is 107 Å². The van der Waals surface area contributed by atoms with Crippen molar-refractivity contribution in [2.24, 2.45) is 0 Å². The summed E-state index contributed by atoms with van der Waals surface area (Å²) in [6.45, 7) is 0.406. The number of benzene rings is 2. The maximum absolute atomic E-state index is 13.7. The molecule has 2 aromatic rings. The number of alkyl halides is 1. The van der Waals surface area contributed by atoms with E-state index in [0.29, 0.717) is 24.9 Å². The second kappa shape index (κ2) is 8.12. The largest absolute Gasteiger partial charge is 0.389 e. The first-order valence-electron chi connectivity index (χ1n) is 10.6. The minimum atomic E-state index is -1.09. The van der Waals surface area contributed by atoms with Crippen LogP contribution in [-0.2, 0) is 17.0 Å². The van der Waals surface area contributed by atoms with Crippen molar-refractivity contribution in [3.63, 3.8) is 0 Å². The molecule has 31 heavy (non-hydrogen) atoms. The van der Waals surface area contributed by atoms with Gasteiger partial charge in [0, 0.05) is 29.7 Å². The zero-order valence-electron chi connectivity index (χ0n) is 17.0. The van der Waals surface area contributed by atoms with Crippen LogP contribution in [0.1, 0.15) is 34.3 Å². The van der Waals surface area contributed by atoms with Gasteiger partial charge in [0.15, 0.2) is 5.72 Å². The Morgan fingerprint density at radius 1 is 1.06 bits per heavy atom. The molecule has 2 aliphatic carbocycles. The molecule has 5 rings (SSSR count). The average Bonchev–Trinajstić information content (AvgIpc) is 3.30. The first-order chi connectivity index (χ1) is 15.1. The van der Waals surface area contributed by atoms with Crippen LogP contribution in [0.5, 0.6) is 0 Å². The zero-order valence-corrected chi connectivity index (χ0v) is 17.8. The number of ether oxygens (including phenoxy) is 1. The van der Waals surface area contributed by atoms with E-state index in [1.807, 2.05) is 77.7 Å². The number of rotatable bonds is 5. The number of aliphatic hydroxyl groups is 1. The van der Waals surface area contributed by atoms with Crippen LogP contribution in [-0.4, -0.2) is 33.5 Å². The van der Waals surface area contributed by atoms with Crippen LogP contribution in [0.25, 0.3) is 0 Å². The van der Waals surface area contributed by atoms with Gasteiger partial charge in [0.25, 0.3) is 5.91 Å². The molecule has 0 fully saturated rings. The molecule has 0 aromatic heterocycles. The molecule has 0 spiro atoms. The summed E-state index contributed by atoms with van der Waals surface area (Å²) in [6, 6.07) is 17.6. The first kappa shape index (κ1) is 20.3. The van der Waals surface area contributed by atoms with Gasteiger partial charge in [-0.15, -0.1) is 11.6 Å². The van der Waals surface area contributed by atoms with E-state index in [1.165, 1.54) is 0 Å². The molecule has 1 heterocycles. The van der Waals surface area contributed by atoms with Crippen LogP contribution in [0, 0.1) is 0 Å². The predicted molar refractivity (Wildman–Crippen MR) is 121 cm³/mol. The molecular weight excluding hydrogens is 410 g/mol. The van der Waals surface area contributed by atoms with Crippen LogP contribution in [0.3, 0.4) is 0 Å². The summed E-state index contributed by atoms with van der Waals surface area (Å²) in [4.78, 5) is 15.5. The fourth-order valence-corrected chi connectivity index (χ4v) is 4.82. The number of allylic oxidation sites excluding steroid dienone is 2. The van der Waals surface area contributed by atoms with E-state index in [0.717, 1.165) is 16.7 Å². The van der Waals surface area contributed by atoms with Crippen molar-refractivity contribution in [2.75, 3.05) is 0 Å². The van der Waals surface area contributed by atoms with E-state index in [2.05, 4.69) is 6.08 Å². The summed E-state index contributed by atoms with van der Waals surface area (Å²) >= 11 is 6.32. The van der Waals surface area contributed by atoms with Gasteiger partial charge in [-0.3, -0.25) is 9.69 Å². The van der Waals surface area contributed by atoms with Gasteiger partial charge < -0.3 is 9.84 Å². The molecule has 2 unspecified atom stereocenters. The van der Waals surface area contributed by atoms with E-state index < -0.39 is 11.8 Å². The van der Waals surface area contributed by atoms with Crippen LogP contribution >= 0.6 is 11.6 Å². The van der Waals surface area contributed by atoms with Crippen molar-refractivity contribution in [1.29, 1.82) is 0 Å². The van der Waals surface area contributed by atoms with Gasteiger partial charge in [-0.25, -0.2) is 0 Å². The summed E-state index contributed by atoms with van der Waals surface area (Å²) in [7, 11) is 0. The summed E-state index contributed by atoms with van der Waals surface area (Å²) in [5.41, 5.74) is 2.30. The van der Waals surface area contributed by atoms with E-state index in [1.54, 1.807) is 6.08 Å². The number of aliphatic hydroxyl groups excluding tert-OH is 1. The second-order valence-electron chi connectivity index (χ2n) is 8.18. The maximum Gasteiger partial charge on any atom is 0.257 e. The standard InChI is InChI=1S/C26H24ClNO3/c27-20-12-10-19(11-13-20)26(31-22-15-14-21(29)16-22)24-9-5-4-8-23(24)25(30)28(26)17-18-6-2-1-3-7-18/h1-12,14-15,20-22,29H,13,16-17H2/t20?,21-,22+,26?/m1/s1. The number of amides is 1. The molecule has 1 aliphatic heterocycles. The highest BCUT2D eigenvalue weighted by Gasteiger charge is 2.54. The lowest BCUT2D eigenvalue weighted by Gasteiger charge is -2.42. The Bertz CT molecular complexity index is 1080. The van der Waals surface area contributed by atoms with Crippen LogP contribution in [0.15, 0.2) is 90.6 Å². The molecule has 0 saturated heterocycles. The minimum Gasteiger partial charge on any atom is -0.389 e. The van der Waals surface area contributed by atoms with Gasteiger partial charge in [-0.05, 0) is 18.1 Å². The number of nitrogens with zero attached hydrogens (tertiary/aromatic N) is 1. The first-order valence-corrected chi connectivity index (χ1v) is 11.0. The Labute approximate surface area is 187 Å². The van der Waals surface area contributed by atoms with Gasteiger partial charge in [-0.2, -0.15) is 0 Å². The topological polar surface area (TPSA) is 49.8 Å². The maximum atomic E-state index is 13.7. The van der Waals surface area contributed by atoms with E-state index >= 15 is 0 Å². The lowest BCUT2D eigenvalue weighted by Crippen LogP contribution is -2.48. The van der Waals surface area contributed by atoms with E-state index in [-0.39, 0.29) is 17.4 Å². The fraction of sp³-hybridized carbons (Fsp3) is 0.269. The molecule has 158 valence electrons. The third-order valence-electron chi connectivity index (χ3n) is 6.11. The summed E-state index contributed by atoms with van der Waals surface area (Å²) in [5, 5.41) is 9.98. The zero-order chi connectivity index (χ0) is 21.4. The quantitative estimate of drug-likeness (QED) is 0.549. The number of halogens is 1. The number of hydrogen-bond acceptors (Lipinski definition) is 3. The average molecular weight is 434 g/mol. The van der Waals surface area contributed by atoms with Crippen LogP contribution in [0.4, 0.5) is 0 Å². The normalized spacial score (nSPS) is 29.4. The molecule has 0 saturated carbocycles. The third-order valence-corrected chi connectivity index (χ3v) is 6.44. The van der Waals surface area contributed by atoms with E-state index in [4.69, 9.17) is 16.3 Å². The highest BCUT2D eigenvalue weighted by Crippen LogP contribution is 2.49. The molecular formula is C26H24ClNO3. The Kier molecular flexibility index (Phi) is 5.30.